The lowest BCUT2D eigenvalue weighted by Gasteiger charge is -2.28. The van der Waals surface area contributed by atoms with Crippen molar-refractivity contribution in [2.24, 2.45) is 5.92 Å². The number of imidazole rings is 1. The van der Waals surface area contributed by atoms with Gasteiger partial charge in [-0.25, -0.2) is 9.78 Å². The number of hydrogen-bond acceptors (Lipinski definition) is 5. The van der Waals surface area contributed by atoms with Crippen LogP contribution >= 0.6 is 0 Å². The van der Waals surface area contributed by atoms with Crippen LogP contribution in [0.2, 0.25) is 0 Å². The molecule has 3 aromatic rings. The molecule has 0 saturated heterocycles. The number of ether oxygens (including phenoxy) is 2. The first-order chi connectivity index (χ1) is 14.9. The van der Waals surface area contributed by atoms with E-state index in [-0.39, 0.29) is 12.5 Å². The third-order valence-corrected chi connectivity index (χ3v) is 5.28. The fourth-order valence-electron chi connectivity index (χ4n) is 3.88. The van der Waals surface area contributed by atoms with E-state index in [9.17, 15) is 14.7 Å². The predicted octanol–water partition coefficient (Wildman–Crippen LogP) is 3.53. The van der Waals surface area contributed by atoms with Gasteiger partial charge < -0.3 is 24.5 Å². The van der Waals surface area contributed by atoms with Gasteiger partial charge in [-0.05, 0) is 31.0 Å². The number of carboxylic acid groups (broad SMARTS) is 1. The molecule has 2 atom stereocenters. The number of para-hydroxylation sites is 3. The number of nitrogens with one attached hydrogen (secondary N) is 1. The standard InChI is InChI=1S/C23H25N3O5/c1-4-30-17-11-7-8-14-19(23(28)29)26(22(27)20(13(2)3)31-21(14)17)12-18-24-15-9-5-6-10-16(15)25-18/h5-11,13,19-20H,4,12H2,1-3H3,(H,24,25)(H,28,29). The van der Waals surface area contributed by atoms with Gasteiger partial charge in [0, 0.05) is 5.56 Å². The van der Waals surface area contributed by atoms with E-state index in [1.54, 1.807) is 18.2 Å². The van der Waals surface area contributed by atoms with Crippen LogP contribution in [0.3, 0.4) is 0 Å². The van der Waals surface area contributed by atoms with E-state index in [2.05, 4.69) is 9.97 Å². The molecule has 0 aliphatic carbocycles. The Hall–Kier alpha value is -3.55. The molecule has 1 amide bonds. The van der Waals surface area contributed by atoms with Crippen molar-refractivity contribution in [2.45, 2.75) is 39.5 Å². The third-order valence-electron chi connectivity index (χ3n) is 5.28. The molecule has 0 spiro atoms. The van der Waals surface area contributed by atoms with E-state index >= 15 is 0 Å². The van der Waals surface area contributed by atoms with Gasteiger partial charge in [0.1, 0.15) is 5.82 Å². The fraction of sp³-hybridized carbons (Fsp3) is 0.348. The van der Waals surface area contributed by atoms with Gasteiger partial charge in [0.05, 0.1) is 24.2 Å². The Morgan fingerprint density at radius 1 is 1.26 bits per heavy atom. The molecule has 0 fully saturated rings. The number of amides is 1. The zero-order valence-corrected chi connectivity index (χ0v) is 17.7. The minimum atomic E-state index is -1.24. The second kappa shape index (κ2) is 8.29. The highest BCUT2D eigenvalue weighted by Crippen LogP contribution is 2.42. The summed E-state index contributed by atoms with van der Waals surface area (Å²) in [7, 11) is 0. The second-order valence-corrected chi connectivity index (χ2v) is 7.80. The van der Waals surface area contributed by atoms with Crippen LogP contribution in [0, 0.1) is 5.92 Å². The maximum Gasteiger partial charge on any atom is 0.331 e. The van der Waals surface area contributed by atoms with E-state index in [1.165, 1.54) is 4.90 Å². The summed E-state index contributed by atoms with van der Waals surface area (Å²) in [6, 6.07) is 11.4. The molecule has 0 saturated carbocycles. The molecule has 8 heteroatoms. The molecule has 2 unspecified atom stereocenters. The number of benzene rings is 2. The Balaban J connectivity index is 1.83. The molecule has 0 radical (unpaired) electrons. The Kier molecular flexibility index (Phi) is 5.54. The highest BCUT2D eigenvalue weighted by molar-refractivity contribution is 5.89. The first-order valence-corrected chi connectivity index (χ1v) is 10.3. The first-order valence-electron chi connectivity index (χ1n) is 10.3. The Morgan fingerprint density at radius 3 is 2.71 bits per heavy atom. The first kappa shape index (κ1) is 20.7. The number of carboxylic acids is 1. The van der Waals surface area contributed by atoms with Crippen LogP contribution in [0.5, 0.6) is 11.5 Å². The summed E-state index contributed by atoms with van der Waals surface area (Å²) >= 11 is 0. The number of hydrogen-bond donors (Lipinski definition) is 2. The summed E-state index contributed by atoms with van der Waals surface area (Å²) in [6.45, 7) is 5.97. The molecule has 162 valence electrons. The normalized spacial score (nSPS) is 18.6. The highest BCUT2D eigenvalue weighted by atomic mass is 16.5. The Labute approximate surface area is 179 Å². The molecule has 8 nitrogen and oxygen atoms in total. The van der Waals surface area contributed by atoms with Crippen molar-refractivity contribution in [3.05, 3.63) is 53.9 Å². The minimum Gasteiger partial charge on any atom is -0.490 e. The van der Waals surface area contributed by atoms with E-state index in [0.29, 0.717) is 29.5 Å². The van der Waals surface area contributed by atoms with Crippen molar-refractivity contribution in [1.82, 2.24) is 14.9 Å². The van der Waals surface area contributed by atoms with Crippen molar-refractivity contribution < 1.29 is 24.2 Å². The lowest BCUT2D eigenvalue weighted by atomic mass is 10.0. The Bertz CT molecular complexity index is 1090. The van der Waals surface area contributed by atoms with Gasteiger partial charge in [0.15, 0.2) is 23.6 Å². The summed E-state index contributed by atoms with van der Waals surface area (Å²) in [6.07, 6.45) is -0.853. The highest BCUT2D eigenvalue weighted by Gasteiger charge is 2.43. The minimum absolute atomic E-state index is 0.00929. The van der Waals surface area contributed by atoms with Gasteiger partial charge in [0.2, 0.25) is 0 Å². The maximum absolute atomic E-state index is 13.5. The quantitative estimate of drug-likeness (QED) is 0.628. The molecule has 31 heavy (non-hydrogen) atoms. The van der Waals surface area contributed by atoms with Gasteiger partial charge in [-0.1, -0.05) is 38.1 Å². The van der Waals surface area contributed by atoms with E-state index in [4.69, 9.17) is 9.47 Å². The summed E-state index contributed by atoms with van der Waals surface area (Å²) < 4.78 is 11.8. The van der Waals surface area contributed by atoms with Crippen LogP contribution in [0.25, 0.3) is 11.0 Å². The van der Waals surface area contributed by atoms with Gasteiger partial charge in [-0.2, -0.15) is 0 Å². The molecule has 1 aliphatic rings. The average molecular weight is 423 g/mol. The van der Waals surface area contributed by atoms with Crippen molar-refractivity contribution in [3.63, 3.8) is 0 Å². The SMILES string of the molecule is CCOc1cccc2c1OC(C(C)C)C(=O)N(Cc1nc3ccccc3[nH]1)C2C(=O)O. The summed E-state index contributed by atoms with van der Waals surface area (Å²) in [5, 5.41) is 10.1. The molecular weight excluding hydrogens is 398 g/mol. The Morgan fingerprint density at radius 2 is 2.03 bits per heavy atom. The number of aromatic nitrogens is 2. The molecule has 4 rings (SSSR count). The number of aromatic amines is 1. The van der Waals surface area contributed by atoms with Crippen LogP contribution in [0.4, 0.5) is 0 Å². The molecular formula is C23H25N3O5. The summed E-state index contributed by atoms with van der Waals surface area (Å²) in [5.74, 6) is -0.492. The van der Waals surface area contributed by atoms with Gasteiger partial charge in [-0.3, -0.25) is 4.79 Å². The van der Waals surface area contributed by atoms with Crippen LogP contribution in [-0.2, 0) is 16.1 Å². The molecule has 1 aliphatic heterocycles. The topological polar surface area (TPSA) is 105 Å². The third kappa shape index (κ3) is 3.81. The number of H-pyrrole nitrogens is 1. The average Bonchev–Trinajstić information content (AvgIpc) is 3.09. The largest absolute Gasteiger partial charge is 0.490 e. The maximum atomic E-state index is 13.5. The number of carbonyl (C=O) groups is 2. The van der Waals surface area contributed by atoms with Crippen molar-refractivity contribution in [3.8, 4) is 11.5 Å². The van der Waals surface area contributed by atoms with Crippen LogP contribution in [0.1, 0.15) is 38.2 Å². The van der Waals surface area contributed by atoms with Crippen LogP contribution < -0.4 is 9.47 Å². The van der Waals surface area contributed by atoms with E-state index < -0.39 is 24.0 Å². The molecule has 2 aromatic carbocycles. The van der Waals surface area contributed by atoms with Crippen molar-refractivity contribution in [1.29, 1.82) is 0 Å². The molecule has 0 bridgehead atoms. The number of carbonyl (C=O) groups excluding carboxylic acids is 1. The lowest BCUT2D eigenvalue weighted by molar-refractivity contribution is -0.154. The smallest absolute Gasteiger partial charge is 0.331 e. The number of rotatable bonds is 6. The molecule has 2 N–H and O–H groups in total. The lowest BCUT2D eigenvalue weighted by Crippen LogP contribution is -2.45. The zero-order chi connectivity index (χ0) is 22.1. The van der Waals surface area contributed by atoms with E-state index in [0.717, 1.165) is 11.0 Å². The predicted molar refractivity (Wildman–Crippen MR) is 114 cm³/mol. The van der Waals surface area contributed by atoms with Crippen molar-refractivity contribution in [2.75, 3.05) is 6.61 Å². The fourth-order valence-corrected chi connectivity index (χ4v) is 3.88. The number of fused-ring (bicyclic) bond motifs is 2. The number of aliphatic carboxylic acids is 1. The zero-order valence-electron chi connectivity index (χ0n) is 17.7. The summed E-state index contributed by atoms with van der Waals surface area (Å²) in [4.78, 5) is 35.0. The van der Waals surface area contributed by atoms with Gasteiger partial charge >= 0.3 is 5.97 Å². The van der Waals surface area contributed by atoms with Crippen LogP contribution in [-0.4, -0.2) is 44.6 Å². The monoisotopic (exact) mass is 423 g/mol. The molecule has 1 aromatic heterocycles. The molecule has 2 heterocycles. The summed E-state index contributed by atoms with van der Waals surface area (Å²) in [5.41, 5.74) is 1.95. The van der Waals surface area contributed by atoms with Gasteiger partial charge in [0.25, 0.3) is 5.91 Å². The van der Waals surface area contributed by atoms with Crippen molar-refractivity contribution >= 4 is 22.9 Å². The second-order valence-electron chi connectivity index (χ2n) is 7.80. The van der Waals surface area contributed by atoms with Gasteiger partial charge in [-0.15, -0.1) is 0 Å². The number of nitrogens with zero attached hydrogens (tertiary/aromatic N) is 2. The van der Waals surface area contributed by atoms with Crippen LogP contribution in [0.15, 0.2) is 42.5 Å². The van der Waals surface area contributed by atoms with E-state index in [1.807, 2.05) is 45.0 Å².